The lowest BCUT2D eigenvalue weighted by molar-refractivity contribution is 0.199. The first kappa shape index (κ1) is 13.1. The van der Waals surface area contributed by atoms with Crippen molar-refractivity contribution < 1.29 is 4.74 Å². The first-order valence-electron chi connectivity index (χ1n) is 6.21. The van der Waals surface area contributed by atoms with E-state index < -0.39 is 0 Å². The summed E-state index contributed by atoms with van der Waals surface area (Å²) in [5, 5.41) is 21.4. The van der Waals surface area contributed by atoms with E-state index in [1.54, 1.807) is 11.8 Å². The maximum Gasteiger partial charge on any atom is 0.234 e. The van der Waals surface area contributed by atoms with Gasteiger partial charge in [0.25, 0.3) is 0 Å². The Bertz CT molecular complexity index is 694. The van der Waals surface area contributed by atoms with Gasteiger partial charge in [0, 0.05) is 20.2 Å². The minimum absolute atomic E-state index is 0.674. The Morgan fingerprint density at radius 1 is 1.25 bits per heavy atom. The van der Waals surface area contributed by atoms with Crippen LogP contribution >= 0.6 is 11.3 Å². The molecule has 0 amide bonds. The summed E-state index contributed by atoms with van der Waals surface area (Å²) in [4.78, 5) is 0. The summed E-state index contributed by atoms with van der Waals surface area (Å²) in [7, 11) is 1.68. The molecule has 0 radical (unpaired) electrons. The van der Waals surface area contributed by atoms with Crippen LogP contribution in [0.15, 0.2) is 24.3 Å². The number of hydrogen-bond donors (Lipinski definition) is 1. The van der Waals surface area contributed by atoms with Crippen LogP contribution in [0.2, 0.25) is 0 Å². The highest BCUT2D eigenvalue weighted by Crippen LogP contribution is 2.18. The van der Waals surface area contributed by atoms with E-state index >= 15 is 0 Å². The third-order valence-electron chi connectivity index (χ3n) is 2.75. The van der Waals surface area contributed by atoms with Crippen LogP contribution in [0.1, 0.15) is 5.01 Å². The van der Waals surface area contributed by atoms with Gasteiger partial charge in [-0.3, -0.25) is 0 Å². The van der Waals surface area contributed by atoms with Crippen LogP contribution in [0.4, 0.5) is 0 Å². The maximum absolute atomic E-state index is 4.97. The molecular formula is C12H14N6OS. The first-order chi connectivity index (χ1) is 9.88. The van der Waals surface area contributed by atoms with Gasteiger partial charge in [0.1, 0.15) is 10.5 Å². The quantitative estimate of drug-likeness (QED) is 0.683. The minimum Gasteiger partial charge on any atom is -0.383 e. The van der Waals surface area contributed by atoms with Crippen LogP contribution in [0.3, 0.4) is 0 Å². The van der Waals surface area contributed by atoms with Gasteiger partial charge in [-0.15, -0.1) is 15.3 Å². The first-order valence-corrected chi connectivity index (χ1v) is 7.03. The Balaban J connectivity index is 1.76. The summed E-state index contributed by atoms with van der Waals surface area (Å²) in [6, 6.07) is 7.78. The zero-order valence-electron chi connectivity index (χ0n) is 11.0. The predicted octanol–water partition coefficient (Wildman–Crippen LogP) is 1.01. The third-order valence-corrected chi connectivity index (χ3v) is 3.65. The fraction of sp³-hybridized carbons (Fsp3) is 0.333. The lowest BCUT2D eigenvalue weighted by Gasteiger charge is -1.99. The van der Waals surface area contributed by atoms with Crippen LogP contribution in [-0.4, -0.2) is 45.5 Å². The van der Waals surface area contributed by atoms with Crippen LogP contribution in [0, 0.1) is 0 Å². The summed E-state index contributed by atoms with van der Waals surface area (Å²) in [6.45, 7) is 2.14. The highest BCUT2D eigenvalue weighted by atomic mass is 32.1. The van der Waals surface area contributed by atoms with Crippen LogP contribution in [-0.2, 0) is 11.3 Å². The van der Waals surface area contributed by atoms with Gasteiger partial charge in [-0.1, -0.05) is 28.7 Å². The van der Waals surface area contributed by atoms with Gasteiger partial charge in [0.05, 0.1) is 12.1 Å². The lowest BCUT2D eigenvalue weighted by atomic mass is 10.3. The Morgan fingerprint density at radius 2 is 2.15 bits per heavy atom. The number of nitrogens with zero attached hydrogens (tertiary/aromatic N) is 5. The second-order valence-electron chi connectivity index (χ2n) is 4.14. The number of benzene rings is 1. The molecule has 2 heterocycles. The van der Waals surface area contributed by atoms with E-state index in [4.69, 9.17) is 4.74 Å². The molecule has 7 nitrogen and oxygen atoms in total. The van der Waals surface area contributed by atoms with Crippen molar-refractivity contribution in [3.05, 3.63) is 29.3 Å². The average Bonchev–Trinajstić information content (AvgIpc) is 3.10. The average molecular weight is 290 g/mol. The van der Waals surface area contributed by atoms with Gasteiger partial charge < -0.3 is 10.1 Å². The minimum atomic E-state index is 0.674. The lowest BCUT2D eigenvalue weighted by Crippen LogP contribution is -2.18. The van der Waals surface area contributed by atoms with Crippen molar-refractivity contribution in [3.8, 4) is 5.13 Å². The van der Waals surface area contributed by atoms with E-state index in [1.807, 2.05) is 24.3 Å². The summed E-state index contributed by atoms with van der Waals surface area (Å²) in [5.74, 6) is 0. The molecule has 0 aliphatic carbocycles. The Hall–Kier alpha value is -1.90. The van der Waals surface area contributed by atoms with Crippen LogP contribution < -0.4 is 5.32 Å². The SMILES string of the molecule is COCCNCc1nnc(-n2nnc3ccccc32)s1. The summed E-state index contributed by atoms with van der Waals surface area (Å²) in [5.41, 5.74) is 1.78. The highest BCUT2D eigenvalue weighted by Gasteiger charge is 2.10. The molecule has 1 aromatic carbocycles. The smallest absolute Gasteiger partial charge is 0.234 e. The van der Waals surface area contributed by atoms with Crippen molar-refractivity contribution in [2.45, 2.75) is 6.54 Å². The van der Waals surface area contributed by atoms with E-state index in [0.717, 1.165) is 27.7 Å². The normalized spacial score (nSPS) is 11.2. The maximum atomic E-state index is 4.97. The molecule has 3 rings (SSSR count). The van der Waals surface area contributed by atoms with Gasteiger partial charge in [-0.25, -0.2) is 0 Å². The second kappa shape index (κ2) is 6.04. The van der Waals surface area contributed by atoms with Crippen molar-refractivity contribution in [2.24, 2.45) is 0 Å². The fourth-order valence-electron chi connectivity index (χ4n) is 1.78. The number of methoxy groups -OCH3 is 1. The largest absolute Gasteiger partial charge is 0.383 e. The van der Waals surface area contributed by atoms with E-state index in [9.17, 15) is 0 Å². The number of rotatable bonds is 6. The molecule has 0 saturated carbocycles. The van der Waals surface area contributed by atoms with E-state index in [2.05, 4.69) is 25.8 Å². The Morgan fingerprint density at radius 3 is 3.05 bits per heavy atom. The van der Waals surface area contributed by atoms with Gasteiger partial charge in [0.2, 0.25) is 5.13 Å². The van der Waals surface area contributed by atoms with E-state index in [-0.39, 0.29) is 0 Å². The topological polar surface area (TPSA) is 77.8 Å². The molecule has 0 aliphatic heterocycles. The van der Waals surface area contributed by atoms with Gasteiger partial charge in [0.15, 0.2) is 0 Å². The molecule has 1 N–H and O–H groups in total. The Kier molecular flexibility index (Phi) is 3.95. The summed E-state index contributed by atoms with van der Waals surface area (Å²) >= 11 is 1.50. The van der Waals surface area contributed by atoms with Crippen molar-refractivity contribution in [1.29, 1.82) is 0 Å². The van der Waals surface area contributed by atoms with Crippen molar-refractivity contribution in [1.82, 2.24) is 30.5 Å². The molecule has 8 heteroatoms. The van der Waals surface area contributed by atoms with Gasteiger partial charge in [-0.05, 0) is 12.1 Å². The number of ether oxygens (including phenoxy) is 1. The molecule has 0 bridgehead atoms. The van der Waals surface area contributed by atoms with Crippen molar-refractivity contribution in [3.63, 3.8) is 0 Å². The molecular weight excluding hydrogens is 276 g/mol. The van der Waals surface area contributed by atoms with Gasteiger partial charge in [-0.2, -0.15) is 4.68 Å². The molecule has 0 saturated heterocycles. The zero-order chi connectivity index (χ0) is 13.8. The summed E-state index contributed by atoms with van der Waals surface area (Å²) < 4.78 is 6.69. The molecule has 104 valence electrons. The molecule has 3 aromatic rings. The van der Waals surface area contributed by atoms with Gasteiger partial charge >= 0.3 is 0 Å². The number of para-hydroxylation sites is 1. The monoisotopic (exact) mass is 290 g/mol. The molecule has 20 heavy (non-hydrogen) atoms. The number of nitrogens with one attached hydrogen (secondary N) is 1. The summed E-state index contributed by atoms with van der Waals surface area (Å²) in [6.07, 6.45) is 0. The van der Waals surface area contributed by atoms with Crippen molar-refractivity contribution >= 4 is 22.4 Å². The number of fused-ring (bicyclic) bond motifs is 1. The molecule has 0 aliphatic rings. The van der Waals surface area contributed by atoms with Crippen LogP contribution in [0.25, 0.3) is 16.2 Å². The standard InChI is InChI=1S/C12H14N6OS/c1-19-7-6-13-8-11-15-16-12(20-11)18-10-5-3-2-4-9(10)14-17-18/h2-5,13H,6-8H2,1H3. The molecule has 2 aromatic heterocycles. The molecule has 0 fully saturated rings. The van der Waals surface area contributed by atoms with E-state index in [1.165, 1.54) is 11.3 Å². The fourth-order valence-corrected chi connectivity index (χ4v) is 2.55. The molecule has 0 spiro atoms. The van der Waals surface area contributed by atoms with Crippen LogP contribution in [0.5, 0.6) is 0 Å². The second-order valence-corrected chi connectivity index (χ2v) is 5.18. The Labute approximate surface area is 119 Å². The predicted molar refractivity (Wildman–Crippen MR) is 75.9 cm³/mol. The number of hydrogen-bond acceptors (Lipinski definition) is 7. The van der Waals surface area contributed by atoms with Crippen molar-refractivity contribution in [2.75, 3.05) is 20.3 Å². The molecule has 0 atom stereocenters. The molecule has 0 unspecified atom stereocenters. The zero-order valence-corrected chi connectivity index (χ0v) is 11.8. The van der Waals surface area contributed by atoms with E-state index in [0.29, 0.717) is 13.2 Å². The number of aromatic nitrogens is 5. The highest BCUT2D eigenvalue weighted by molar-refractivity contribution is 7.13. The third kappa shape index (κ3) is 2.67.